The summed E-state index contributed by atoms with van der Waals surface area (Å²) in [5.41, 5.74) is 1.10. The number of pyridine rings is 1. The third kappa shape index (κ3) is 4.76. The summed E-state index contributed by atoms with van der Waals surface area (Å²) in [4.78, 5) is 4.29. The number of ether oxygens (including phenoxy) is 2. The number of nitrogens with zero attached hydrogens (tertiary/aromatic N) is 1. The van der Waals surface area contributed by atoms with Crippen molar-refractivity contribution < 1.29 is 9.47 Å². The number of rotatable bonds is 9. The molecular weight excluding hydrogens is 252 g/mol. The first-order valence-corrected chi connectivity index (χ1v) is 7.50. The maximum absolute atomic E-state index is 5.90. The molecule has 20 heavy (non-hydrogen) atoms. The Labute approximate surface area is 122 Å². The molecule has 0 fully saturated rings. The molecule has 1 aromatic heterocycles. The third-order valence-corrected chi connectivity index (χ3v) is 3.22. The molecule has 114 valence electrons. The summed E-state index contributed by atoms with van der Waals surface area (Å²) in [6, 6.07) is 2.17. The Balaban J connectivity index is 2.92. The van der Waals surface area contributed by atoms with Gasteiger partial charge in [0.15, 0.2) is 0 Å². The average Bonchev–Trinajstić information content (AvgIpc) is 2.45. The summed E-state index contributed by atoms with van der Waals surface area (Å²) < 4.78 is 11.6. The van der Waals surface area contributed by atoms with Gasteiger partial charge < -0.3 is 14.8 Å². The fourth-order valence-electron chi connectivity index (χ4n) is 2.29. The van der Waals surface area contributed by atoms with Crippen LogP contribution in [0.2, 0.25) is 0 Å². The van der Waals surface area contributed by atoms with E-state index in [1.807, 2.05) is 20.2 Å². The lowest BCUT2D eigenvalue weighted by Crippen LogP contribution is -2.35. The van der Waals surface area contributed by atoms with Gasteiger partial charge in [0.25, 0.3) is 0 Å². The second-order valence-corrected chi connectivity index (χ2v) is 5.23. The zero-order valence-electron chi connectivity index (χ0n) is 13.3. The van der Waals surface area contributed by atoms with Crippen LogP contribution in [0.3, 0.4) is 0 Å². The number of aromatic nitrogens is 1. The van der Waals surface area contributed by atoms with Crippen molar-refractivity contribution in [1.29, 1.82) is 0 Å². The Kier molecular flexibility index (Phi) is 7.55. The highest BCUT2D eigenvalue weighted by Gasteiger charge is 2.25. The van der Waals surface area contributed by atoms with Crippen LogP contribution in [-0.4, -0.2) is 31.3 Å². The topological polar surface area (TPSA) is 43.4 Å². The quantitative estimate of drug-likeness (QED) is 0.754. The van der Waals surface area contributed by atoms with Crippen LogP contribution >= 0.6 is 0 Å². The molecular formula is C16H28N2O2. The second kappa shape index (κ2) is 8.93. The molecule has 2 unspecified atom stereocenters. The molecule has 0 radical (unpaired) electrons. The van der Waals surface area contributed by atoms with Crippen molar-refractivity contribution in [2.45, 2.75) is 46.3 Å². The van der Waals surface area contributed by atoms with E-state index in [0.717, 1.165) is 17.7 Å². The van der Waals surface area contributed by atoms with Gasteiger partial charge >= 0.3 is 0 Å². The van der Waals surface area contributed by atoms with Crippen LogP contribution in [0.25, 0.3) is 0 Å². The van der Waals surface area contributed by atoms with Gasteiger partial charge in [0, 0.05) is 12.8 Å². The Morgan fingerprint density at radius 2 is 2.00 bits per heavy atom. The van der Waals surface area contributed by atoms with Crippen LogP contribution in [0.1, 0.15) is 45.7 Å². The van der Waals surface area contributed by atoms with Crippen LogP contribution in [0.15, 0.2) is 18.5 Å². The average molecular weight is 280 g/mol. The molecule has 1 aromatic rings. The number of hydrogen-bond acceptors (Lipinski definition) is 4. The highest BCUT2D eigenvalue weighted by Crippen LogP contribution is 2.26. The van der Waals surface area contributed by atoms with Gasteiger partial charge in [-0.3, -0.25) is 4.98 Å². The second-order valence-electron chi connectivity index (χ2n) is 5.23. The van der Waals surface area contributed by atoms with Crippen molar-refractivity contribution in [3.63, 3.8) is 0 Å². The summed E-state index contributed by atoms with van der Waals surface area (Å²) in [6.45, 7) is 9.90. The summed E-state index contributed by atoms with van der Waals surface area (Å²) in [5.74, 6) is 1.25. The molecule has 0 bridgehead atoms. The highest BCUT2D eigenvalue weighted by molar-refractivity contribution is 5.27. The molecule has 0 spiro atoms. The molecule has 2 atom stereocenters. The summed E-state index contributed by atoms with van der Waals surface area (Å²) in [5, 5.41) is 3.35. The Hall–Kier alpha value is -1.13. The van der Waals surface area contributed by atoms with Crippen LogP contribution in [0, 0.1) is 5.92 Å². The minimum atomic E-state index is 0.118. The summed E-state index contributed by atoms with van der Waals surface area (Å²) >= 11 is 0. The van der Waals surface area contributed by atoms with Crippen molar-refractivity contribution in [2.24, 2.45) is 5.92 Å². The lowest BCUT2D eigenvalue weighted by molar-refractivity contribution is 0.00448. The SMILES string of the molecule is CCCOc1cncc(C(NC)C(OCC)C(C)C)c1. The molecule has 0 aliphatic rings. The molecule has 0 aliphatic carbocycles. The molecule has 4 heteroatoms. The normalized spacial score (nSPS) is 14.3. The van der Waals surface area contributed by atoms with E-state index in [4.69, 9.17) is 9.47 Å². The predicted octanol–water partition coefficient (Wildman–Crippen LogP) is 3.19. The van der Waals surface area contributed by atoms with Crippen molar-refractivity contribution >= 4 is 0 Å². The van der Waals surface area contributed by atoms with Gasteiger partial charge in [0.1, 0.15) is 5.75 Å². The molecule has 0 aromatic carbocycles. The molecule has 1 heterocycles. The van der Waals surface area contributed by atoms with E-state index in [1.165, 1.54) is 0 Å². The highest BCUT2D eigenvalue weighted by atomic mass is 16.5. The molecule has 0 saturated carbocycles. The van der Waals surface area contributed by atoms with Crippen LogP contribution in [0.5, 0.6) is 5.75 Å². The van der Waals surface area contributed by atoms with Crippen molar-refractivity contribution in [3.05, 3.63) is 24.0 Å². The van der Waals surface area contributed by atoms with E-state index in [1.54, 1.807) is 6.20 Å². The number of nitrogens with one attached hydrogen (secondary N) is 1. The third-order valence-electron chi connectivity index (χ3n) is 3.22. The van der Waals surface area contributed by atoms with Crippen molar-refractivity contribution in [1.82, 2.24) is 10.3 Å². The van der Waals surface area contributed by atoms with E-state index >= 15 is 0 Å². The first-order chi connectivity index (χ1) is 9.63. The summed E-state index contributed by atoms with van der Waals surface area (Å²) in [6.07, 6.45) is 4.76. The van der Waals surface area contributed by atoms with Crippen LogP contribution in [0.4, 0.5) is 0 Å². The van der Waals surface area contributed by atoms with Crippen LogP contribution in [-0.2, 0) is 4.74 Å². The predicted molar refractivity (Wildman–Crippen MR) is 82.1 cm³/mol. The van der Waals surface area contributed by atoms with E-state index in [0.29, 0.717) is 19.1 Å². The van der Waals surface area contributed by atoms with Gasteiger partial charge in [0.2, 0.25) is 0 Å². The number of likely N-dealkylation sites (N-methyl/N-ethyl adjacent to an activating group) is 1. The molecule has 1 N–H and O–H groups in total. The van der Waals surface area contributed by atoms with Gasteiger partial charge in [-0.05, 0) is 37.9 Å². The van der Waals surface area contributed by atoms with Gasteiger partial charge in [-0.1, -0.05) is 20.8 Å². The van der Waals surface area contributed by atoms with E-state index < -0.39 is 0 Å². The smallest absolute Gasteiger partial charge is 0.137 e. The lowest BCUT2D eigenvalue weighted by Gasteiger charge is -2.30. The van der Waals surface area contributed by atoms with Crippen molar-refractivity contribution in [3.8, 4) is 5.75 Å². The molecule has 0 saturated heterocycles. The van der Waals surface area contributed by atoms with E-state index in [2.05, 4.69) is 37.1 Å². The Morgan fingerprint density at radius 1 is 1.25 bits per heavy atom. The minimum absolute atomic E-state index is 0.118. The Bertz CT molecular complexity index is 382. The van der Waals surface area contributed by atoms with Gasteiger partial charge in [-0.2, -0.15) is 0 Å². The molecule has 0 amide bonds. The van der Waals surface area contributed by atoms with Gasteiger partial charge in [-0.25, -0.2) is 0 Å². The Morgan fingerprint density at radius 3 is 2.55 bits per heavy atom. The first kappa shape index (κ1) is 16.9. The molecule has 1 rings (SSSR count). The van der Waals surface area contributed by atoms with E-state index in [-0.39, 0.29) is 12.1 Å². The summed E-state index contributed by atoms with van der Waals surface area (Å²) in [7, 11) is 1.96. The van der Waals surface area contributed by atoms with Gasteiger partial charge in [-0.15, -0.1) is 0 Å². The first-order valence-electron chi connectivity index (χ1n) is 7.50. The number of hydrogen-bond donors (Lipinski definition) is 1. The van der Waals surface area contributed by atoms with Crippen LogP contribution < -0.4 is 10.1 Å². The standard InChI is InChI=1S/C16H28N2O2/c1-6-8-20-14-9-13(10-18-11-14)15(17-5)16(12(3)4)19-7-2/h9-12,15-17H,6-8H2,1-5H3. The monoisotopic (exact) mass is 280 g/mol. The largest absolute Gasteiger partial charge is 0.492 e. The zero-order chi connectivity index (χ0) is 15.0. The zero-order valence-corrected chi connectivity index (χ0v) is 13.3. The maximum Gasteiger partial charge on any atom is 0.137 e. The van der Waals surface area contributed by atoms with Gasteiger partial charge in [0.05, 0.1) is 24.9 Å². The fourth-order valence-corrected chi connectivity index (χ4v) is 2.29. The maximum atomic E-state index is 5.90. The molecule has 0 aliphatic heterocycles. The lowest BCUT2D eigenvalue weighted by atomic mass is 9.94. The van der Waals surface area contributed by atoms with Crippen molar-refractivity contribution in [2.75, 3.05) is 20.3 Å². The fraction of sp³-hybridized carbons (Fsp3) is 0.688. The van der Waals surface area contributed by atoms with E-state index in [9.17, 15) is 0 Å². The minimum Gasteiger partial charge on any atom is -0.492 e. The molecule has 4 nitrogen and oxygen atoms in total.